The maximum absolute atomic E-state index is 14.2. The summed E-state index contributed by atoms with van der Waals surface area (Å²) in [6, 6.07) is 26.2. The number of halogens is 1. The molecule has 4 aromatic carbocycles. The second-order valence-electron chi connectivity index (χ2n) is 8.99. The van der Waals surface area contributed by atoms with E-state index in [4.69, 9.17) is 25.8 Å². The van der Waals surface area contributed by atoms with Crippen molar-refractivity contribution in [3.05, 3.63) is 113 Å². The molecule has 39 heavy (non-hydrogen) atoms. The van der Waals surface area contributed by atoms with Gasteiger partial charge in [0.25, 0.3) is 5.91 Å². The van der Waals surface area contributed by atoms with Crippen LogP contribution in [0.15, 0.2) is 91.0 Å². The van der Waals surface area contributed by atoms with E-state index in [1.165, 1.54) is 7.11 Å². The maximum atomic E-state index is 14.2. The summed E-state index contributed by atoms with van der Waals surface area (Å²) < 4.78 is 16.2. The lowest BCUT2D eigenvalue weighted by molar-refractivity contribution is -0.118. The summed E-state index contributed by atoms with van der Waals surface area (Å²) in [4.78, 5) is 29.9. The van der Waals surface area contributed by atoms with Gasteiger partial charge in [-0.2, -0.15) is 0 Å². The molecule has 0 aromatic heterocycles. The van der Waals surface area contributed by atoms with Crippen molar-refractivity contribution in [2.75, 3.05) is 31.5 Å². The molecule has 0 saturated carbocycles. The second kappa shape index (κ2) is 11.1. The molecule has 0 unspecified atom stereocenters. The lowest BCUT2D eigenvalue weighted by Gasteiger charge is -2.42. The monoisotopic (exact) mass is 542 g/mol. The summed E-state index contributed by atoms with van der Waals surface area (Å²) in [7, 11) is 4.70. The van der Waals surface area contributed by atoms with Crippen molar-refractivity contribution in [3.63, 3.8) is 0 Å². The number of nitrogens with one attached hydrogen (secondary N) is 1. The van der Waals surface area contributed by atoms with Crippen LogP contribution in [0.5, 0.6) is 17.2 Å². The highest BCUT2D eigenvalue weighted by molar-refractivity contribution is 6.31. The largest absolute Gasteiger partial charge is 0.497 e. The number of hydrogen-bond acceptors (Lipinski definition) is 5. The predicted molar refractivity (Wildman–Crippen MR) is 151 cm³/mol. The van der Waals surface area contributed by atoms with Crippen LogP contribution in [0.25, 0.3) is 0 Å². The molecule has 0 spiro atoms. The molecule has 7 nitrogen and oxygen atoms in total. The van der Waals surface area contributed by atoms with Crippen molar-refractivity contribution in [3.8, 4) is 17.2 Å². The van der Waals surface area contributed by atoms with E-state index < -0.39 is 12.0 Å². The SMILES string of the molecule is COc1ccc([C@H]2[C@H](C(=O)Nc3cc(Cl)ccc3OC)c3ccccc3C(=O)N2c2ccc(OC)cc2)cc1. The first-order valence-corrected chi connectivity index (χ1v) is 12.7. The van der Waals surface area contributed by atoms with Gasteiger partial charge in [-0.05, 0) is 71.8 Å². The molecule has 198 valence electrons. The molecule has 1 heterocycles. The highest BCUT2D eigenvalue weighted by atomic mass is 35.5. The average molecular weight is 543 g/mol. The fourth-order valence-electron chi connectivity index (χ4n) is 4.97. The van der Waals surface area contributed by atoms with Gasteiger partial charge in [-0.15, -0.1) is 0 Å². The van der Waals surface area contributed by atoms with E-state index in [2.05, 4.69) is 5.32 Å². The van der Waals surface area contributed by atoms with Crippen LogP contribution in [0.2, 0.25) is 5.02 Å². The molecule has 0 fully saturated rings. The molecule has 1 aliphatic heterocycles. The Bertz CT molecular complexity index is 1500. The van der Waals surface area contributed by atoms with Gasteiger partial charge in [0.15, 0.2) is 0 Å². The van der Waals surface area contributed by atoms with Crippen LogP contribution < -0.4 is 24.4 Å². The van der Waals surface area contributed by atoms with Gasteiger partial charge in [0.2, 0.25) is 5.91 Å². The molecule has 8 heteroatoms. The predicted octanol–water partition coefficient (Wildman–Crippen LogP) is 6.49. The normalized spacial score (nSPS) is 16.3. The van der Waals surface area contributed by atoms with Gasteiger partial charge in [-0.1, -0.05) is 41.9 Å². The smallest absolute Gasteiger partial charge is 0.259 e. The Kier molecular flexibility index (Phi) is 7.43. The van der Waals surface area contributed by atoms with Crippen LogP contribution in [0.4, 0.5) is 11.4 Å². The fourth-order valence-corrected chi connectivity index (χ4v) is 5.15. The van der Waals surface area contributed by atoms with E-state index in [9.17, 15) is 9.59 Å². The summed E-state index contributed by atoms with van der Waals surface area (Å²) >= 11 is 6.24. The van der Waals surface area contributed by atoms with Crippen LogP contribution in [0.3, 0.4) is 0 Å². The van der Waals surface area contributed by atoms with E-state index in [0.29, 0.717) is 44.8 Å². The zero-order valence-corrected chi connectivity index (χ0v) is 22.4. The van der Waals surface area contributed by atoms with E-state index in [-0.39, 0.29) is 11.8 Å². The highest BCUT2D eigenvalue weighted by Crippen LogP contribution is 2.46. The lowest BCUT2D eigenvalue weighted by atomic mass is 9.78. The number of amides is 2. The first-order chi connectivity index (χ1) is 18.9. The molecular weight excluding hydrogens is 516 g/mol. The summed E-state index contributed by atoms with van der Waals surface area (Å²) in [6.07, 6.45) is 0. The fraction of sp³-hybridized carbons (Fsp3) is 0.161. The lowest BCUT2D eigenvalue weighted by Crippen LogP contribution is -2.46. The van der Waals surface area contributed by atoms with E-state index >= 15 is 0 Å². The third kappa shape index (κ3) is 5.01. The molecule has 0 radical (unpaired) electrons. The number of ether oxygens (including phenoxy) is 3. The zero-order chi connectivity index (χ0) is 27.5. The van der Waals surface area contributed by atoms with Gasteiger partial charge in [0.05, 0.1) is 39.0 Å². The van der Waals surface area contributed by atoms with Crippen LogP contribution in [-0.2, 0) is 4.79 Å². The number of fused-ring (bicyclic) bond motifs is 1. The molecule has 2 amide bonds. The molecule has 0 bridgehead atoms. The van der Waals surface area contributed by atoms with E-state index in [1.54, 1.807) is 61.6 Å². The molecule has 5 rings (SSSR count). The Morgan fingerprint density at radius 1 is 0.821 bits per heavy atom. The van der Waals surface area contributed by atoms with Crippen LogP contribution >= 0.6 is 11.6 Å². The van der Waals surface area contributed by atoms with E-state index in [1.807, 2.05) is 48.5 Å². The maximum Gasteiger partial charge on any atom is 0.259 e. The van der Waals surface area contributed by atoms with Crippen molar-refractivity contribution in [1.82, 2.24) is 0 Å². The van der Waals surface area contributed by atoms with Crippen LogP contribution in [0.1, 0.15) is 33.4 Å². The molecule has 1 N–H and O–H groups in total. The number of rotatable bonds is 7. The second-order valence-corrected chi connectivity index (χ2v) is 9.43. The minimum atomic E-state index is -0.766. The van der Waals surface area contributed by atoms with Crippen molar-refractivity contribution >= 4 is 34.8 Å². The quantitative estimate of drug-likeness (QED) is 0.289. The van der Waals surface area contributed by atoms with Crippen molar-refractivity contribution in [1.29, 1.82) is 0 Å². The van der Waals surface area contributed by atoms with Crippen molar-refractivity contribution in [2.45, 2.75) is 12.0 Å². The van der Waals surface area contributed by atoms with Gasteiger partial charge < -0.3 is 19.5 Å². The van der Waals surface area contributed by atoms with Gasteiger partial charge >= 0.3 is 0 Å². The summed E-state index contributed by atoms with van der Waals surface area (Å²) in [6.45, 7) is 0. The number of nitrogens with zero attached hydrogens (tertiary/aromatic N) is 1. The van der Waals surface area contributed by atoms with Crippen molar-refractivity contribution < 1.29 is 23.8 Å². The van der Waals surface area contributed by atoms with Crippen LogP contribution in [0, 0.1) is 0 Å². The number of anilines is 2. The molecular formula is C31H27ClN2O5. The topological polar surface area (TPSA) is 77.1 Å². The summed E-state index contributed by atoms with van der Waals surface area (Å²) in [5.41, 5.74) is 2.93. The molecule has 2 atom stereocenters. The summed E-state index contributed by atoms with van der Waals surface area (Å²) in [5.74, 6) is 0.517. The summed E-state index contributed by atoms with van der Waals surface area (Å²) in [5, 5.41) is 3.46. The van der Waals surface area contributed by atoms with Gasteiger partial charge in [-0.3, -0.25) is 14.5 Å². The number of methoxy groups -OCH3 is 3. The molecule has 1 aliphatic rings. The Morgan fingerprint density at radius 3 is 2.10 bits per heavy atom. The zero-order valence-electron chi connectivity index (χ0n) is 21.7. The molecule has 0 saturated heterocycles. The molecule has 4 aromatic rings. The Labute approximate surface area is 231 Å². The Balaban J connectivity index is 1.69. The van der Waals surface area contributed by atoms with E-state index in [0.717, 1.165) is 5.56 Å². The number of hydrogen-bond donors (Lipinski definition) is 1. The third-order valence-electron chi connectivity index (χ3n) is 6.85. The standard InChI is InChI=1S/C31H27ClN2O5/c1-37-22-13-8-19(9-14-22)29-28(30(35)33-26-18-20(32)10-17-27(26)39-3)24-6-4-5-7-25(24)31(36)34(29)21-11-15-23(38-2)16-12-21/h4-18,28-29H,1-3H3,(H,33,35)/t28-,29+/m1/s1. The number of carbonyl (C=O) groups is 2. The minimum absolute atomic E-state index is 0.207. The van der Waals surface area contributed by atoms with Gasteiger partial charge in [-0.25, -0.2) is 0 Å². The van der Waals surface area contributed by atoms with Crippen LogP contribution in [-0.4, -0.2) is 33.1 Å². The average Bonchev–Trinajstić information content (AvgIpc) is 2.97. The number of carbonyl (C=O) groups excluding carboxylic acids is 2. The minimum Gasteiger partial charge on any atom is -0.497 e. The van der Waals surface area contributed by atoms with Gasteiger partial charge in [0.1, 0.15) is 17.2 Å². The Morgan fingerprint density at radius 2 is 1.46 bits per heavy atom. The molecule has 0 aliphatic carbocycles. The Hall–Kier alpha value is -4.49. The van der Waals surface area contributed by atoms with Gasteiger partial charge in [0, 0.05) is 16.3 Å². The van der Waals surface area contributed by atoms with Crippen molar-refractivity contribution in [2.24, 2.45) is 0 Å². The highest BCUT2D eigenvalue weighted by Gasteiger charge is 2.45. The third-order valence-corrected chi connectivity index (χ3v) is 7.08. The number of benzene rings is 4. The first kappa shape index (κ1) is 26.1. The first-order valence-electron chi connectivity index (χ1n) is 12.3.